The molecule has 1 aromatic carbocycles. The Balaban J connectivity index is 1.86. The number of carbonyl (C=O) groups is 1. The summed E-state index contributed by atoms with van der Waals surface area (Å²) >= 11 is 6.11. The van der Waals surface area contributed by atoms with Crippen LogP contribution in [0.25, 0.3) is 11.3 Å². The number of aliphatic hydroxyl groups excluding tert-OH is 1. The zero-order valence-electron chi connectivity index (χ0n) is 13.9. The molecule has 0 spiro atoms. The molecule has 0 bridgehead atoms. The van der Waals surface area contributed by atoms with Crippen molar-refractivity contribution in [2.45, 2.75) is 13.0 Å². The van der Waals surface area contributed by atoms with E-state index in [1.807, 2.05) is 0 Å². The van der Waals surface area contributed by atoms with Crippen LogP contribution in [-0.4, -0.2) is 30.6 Å². The van der Waals surface area contributed by atoms with Gasteiger partial charge in [-0.05, 0) is 23.3 Å². The predicted molar refractivity (Wildman–Crippen MR) is 95.9 cm³/mol. The number of aryl methyl sites for hydroxylation is 1. The molecule has 0 atom stereocenters. The first-order valence-corrected chi connectivity index (χ1v) is 8.13. The average Bonchev–Trinajstić information content (AvgIpc) is 2.64. The van der Waals surface area contributed by atoms with E-state index in [1.165, 1.54) is 30.3 Å². The number of ketones is 1. The van der Waals surface area contributed by atoms with Gasteiger partial charge in [0.05, 0.1) is 18.5 Å². The lowest BCUT2D eigenvalue weighted by Crippen LogP contribution is -2.20. The predicted octanol–water partition coefficient (Wildman–Crippen LogP) is 1.81. The summed E-state index contributed by atoms with van der Waals surface area (Å²) in [5.74, 6) is -0.248. The Morgan fingerprint density at radius 1 is 1.23 bits per heavy atom. The zero-order valence-corrected chi connectivity index (χ0v) is 14.6. The Kier molecular flexibility index (Phi) is 5.20. The second-order valence-electron chi connectivity index (χ2n) is 5.68. The number of Topliss-reactive ketones (excluding diaryl/α,β-unsaturated/α-hetero) is 1. The molecule has 7 nitrogen and oxygen atoms in total. The summed E-state index contributed by atoms with van der Waals surface area (Å²) < 4.78 is 1.19. The van der Waals surface area contributed by atoms with Crippen LogP contribution in [0.4, 0.5) is 0 Å². The second kappa shape index (κ2) is 7.55. The Morgan fingerprint density at radius 3 is 2.73 bits per heavy atom. The number of carbonyl (C=O) groups excluding carboxylic acids is 1. The quantitative estimate of drug-likeness (QED) is 0.688. The van der Waals surface area contributed by atoms with E-state index in [4.69, 9.17) is 11.6 Å². The minimum atomic E-state index is -0.280. The van der Waals surface area contributed by atoms with Gasteiger partial charge in [0.15, 0.2) is 5.78 Å². The number of benzene rings is 1. The zero-order chi connectivity index (χ0) is 18.7. The molecule has 1 N–H and O–H groups in total. The molecule has 0 unspecified atom stereocenters. The van der Waals surface area contributed by atoms with Gasteiger partial charge in [-0.15, -0.1) is 0 Å². The van der Waals surface area contributed by atoms with Crippen LogP contribution in [0.2, 0.25) is 5.02 Å². The Bertz CT molecular complexity index is 1030. The first-order chi connectivity index (χ1) is 12.5. The molecule has 0 saturated heterocycles. The molecule has 0 aliphatic rings. The third-order valence-electron chi connectivity index (χ3n) is 3.86. The van der Waals surface area contributed by atoms with Crippen LogP contribution in [0.1, 0.15) is 21.6 Å². The topological polar surface area (TPSA) is 98.0 Å². The van der Waals surface area contributed by atoms with Gasteiger partial charge in [0.1, 0.15) is 12.0 Å². The summed E-state index contributed by atoms with van der Waals surface area (Å²) in [6.07, 6.45) is 2.80. The van der Waals surface area contributed by atoms with Gasteiger partial charge in [0.25, 0.3) is 5.56 Å². The Labute approximate surface area is 153 Å². The molecule has 26 heavy (non-hydrogen) atoms. The first kappa shape index (κ1) is 17.9. The Hall–Kier alpha value is -2.90. The van der Waals surface area contributed by atoms with Crippen LogP contribution in [0.3, 0.4) is 0 Å². The normalized spacial score (nSPS) is 10.7. The van der Waals surface area contributed by atoms with Gasteiger partial charge in [-0.3, -0.25) is 9.59 Å². The van der Waals surface area contributed by atoms with Crippen LogP contribution in [0.15, 0.2) is 47.7 Å². The highest BCUT2D eigenvalue weighted by Crippen LogP contribution is 2.24. The van der Waals surface area contributed by atoms with Gasteiger partial charge < -0.3 is 5.11 Å². The van der Waals surface area contributed by atoms with Gasteiger partial charge in [0, 0.05) is 30.1 Å². The van der Waals surface area contributed by atoms with Crippen LogP contribution in [0.5, 0.6) is 0 Å². The van der Waals surface area contributed by atoms with Crippen molar-refractivity contribution < 1.29 is 9.90 Å². The second-order valence-corrected chi connectivity index (χ2v) is 6.09. The maximum atomic E-state index is 12.5. The molecule has 3 aromatic rings. The summed E-state index contributed by atoms with van der Waals surface area (Å²) in [4.78, 5) is 32.3. The molecule has 3 rings (SSSR count). The third-order valence-corrected chi connectivity index (χ3v) is 4.21. The van der Waals surface area contributed by atoms with Crippen molar-refractivity contribution in [3.63, 3.8) is 0 Å². The van der Waals surface area contributed by atoms with Crippen LogP contribution < -0.4 is 5.56 Å². The van der Waals surface area contributed by atoms with Crippen LogP contribution >= 0.6 is 11.6 Å². The first-order valence-electron chi connectivity index (χ1n) is 7.75. The fourth-order valence-corrected chi connectivity index (χ4v) is 2.62. The smallest absolute Gasteiger partial charge is 0.266 e. The molecule has 0 radical (unpaired) electrons. The lowest BCUT2D eigenvalue weighted by Gasteiger charge is -2.06. The van der Waals surface area contributed by atoms with Gasteiger partial charge in [-0.1, -0.05) is 23.7 Å². The van der Waals surface area contributed by atoms with Gasteiger partial charge >= 0.3 is 0 Å². The number of aromatic nitrogens is 4. The summed E-state index contributed by atoms with van der Waals surface area (Å²) in [7, 11) is 1.54. The molecule has 0 aliphatic heterocycles. The number of hydrogen-bond donors (Lipinski definition) is 1. The molecule has 0 aliphatic carbocycles. The van der Waals surface area contributed by atoms with Crippen molar-refractivity contribution in [1.82, 2.24) is 19.7 Å². The summed E-state index contributed by atoms with van der Waals surface area (Å²) in [6.45, 7) is -0.156. The molecular formula is C18H15ClN4O3. The standard InChI is InChI=1S/C18H15ClN4O3/c1-23-18(26)5-11(8-22-23)4-17(25)16-7-15(20-10-21-16)12-2-3-13(9-24)14(19)6-12/h2-3,5-8,10,24H,4,9H2,1H3. The average molecular weight is 371 g/mol. The molecule has 2 heterocycles. The fourth-order valence-electron chi connectivity index (χ4n) is 2.38. The van der Waals surface area contributed by atoms with Gasteiger partial charge in [-0.2, -0.15) is 5.10 Å². The van der Waals surface area contributed by atoms with E-state index in [0.29, 0.717) is 27.4 Å². The van der Waals surface area contributed by atoms with Crippen molar-refractivity contribution in [3.8, 4) is 11.3 Å². The van der Waals surface area contributed by atoms with E-state index in [2.05, 4.69) is 15.1 Å². The number of hydrogen-bond acceptors (Lipinski definition) is 6. The highest BCUT2D eigenvalue weighted by molar-refractivity contribution is 6.31. The highest BCUT2D eigenvalue weighted by Gasteiger charge is 2.12. The van der Waals surface area contributed by atoms with Crippen molar-refractivity contribution >= 4 is 17.4 Å². The lowest BCUT2D eigenvalue weighted by molar-refractivity contribution is 0.0988. The van der Waals surface area contributed by atoms with Crippen molar-refractivity contribution in [1.29, 1.82) is 0 Å². The minimum absolute atomic E-state index is 0.0176. The van der Waals surface area contributed by atoms with E-state index in [-0.39, 0.29) is 30.1 Å². The highest BCUT2D eigenvalue weighted by atomic mass is 35.5. The van der Waals surface area contributed by atoms with E-state index in [0.717, 1.165) is 0 Å². The largest absolute Gasteiger partial charge is 0.392 e. The molecule has 0 saturated carbocycles. The summed E-state index contributed by atoms with van der Waals surface area (Å²) in [6, 6.07) is 8.08. The van der Waals surface area contributed by atoms with Crippen LogP contribution in [-0.2, 0) is 20.1 Å². The van der Waals surface area contributed by atoms with Gasteiger partial charge in [0.2, 0.25) is 0 Å². The van der Waals surface area contributed by atoms with E-state index >= 15 is 0 Å². The maximum absolute atomic E-state index is 12.5. The summed E-state index contributed by atoms with van der Waals surface area (Å²) in [5.41, 5.74) is 2.33. The molecule has 0 fully saturated rings. The fraction of sp³-hybridized carbons (Fsp3) is 0.167. The SMILES string of the molecule is Cn1ncc(CC(=O)c2cc(-c3ccc(CO)c(Cl)c3)ncn2)cc1=O. The summed E-state index contributed by atoms with van der Waals surface area (Å²) in [5, 5.41) is 13.5. The van der Waals surface area contributed by atoms with Crippen molar-refractivity contribution in [2.24, 2.45) is 7.05 Å². The molecule has 132 valence electrons. The van der Waals surface area contributed by atoms with Crippen molar-refractivity contribution in [2.75, 3.05) is 0 Å². The molecule has 8 heteroatoms. The Morgan fingerprint density at radius 2 is 2.04 bits per heavy atom. The van der Waals surface area contributed by atoms with E-state index in [1.54, 1.807) is 24.3 Å². The maximum Gasteiger partial charge on any atom is 0.266 e. The minimum Gasteiger partial charge on any atom is -0.392 e. The van der Waals surface area contributed by atoms with E-state index in [9.17, 15) is 14.7 Å². The third kappa shape index (κ3) is 3.84. The van der Waals surface area contributed by atoms with Crippen LogP contribution in [0, 0.1) is 0 Å². The monoisotopic (exact) mass is 370 g/mol. The molecule has 0 amide bonds. The number of aliphatic hydroxyl groups is 1. The van der Waals surface area contributed by atoms with E-state index < -0.39 is 0 Å². The molecule has 2 aromatic heterocycles. The number of nitrogens with zero attached hydrogens (tertiary/aromatic N) is 4. The molecular weight excluding hydrogens is 356 g/mol. The van der Waals surface area contributed by atoms with Crippen molar-refractivity contribution in [3.05, 3.63) is 75.1 Å². The van der Waals surface area contributed by atoms with Gasteiger partial charge in [-0.25, -0.2) is 14.6 Å². The number of halogens is 1. The number of rotatable bonds is 5. The lowest BCUT2D eigenvalue weighted by atomic mass is 10.1.